The molecule has 0 amide bonds. The number of hydrogen-bond acceptors (Lipinski definition) is 3. The molecule has 0 aliphatic carbocycles. The fourth-order valence-electron chi connectivity index (χ4n) is 1.77. The highest BCUT2D eigenvalue weighted by Gasteiger charge is 2.13. The molecule has 0 aromatic heterocycles. The molecule has 0 saturated heterocycles. The van der Waals surface area contributed by atoms with Crippen LogP contribution in [0.4, 0.5) is 0 Å². The second-order valence-electron chi connectivity index (χ2n) is 4.30. The summed E-state index contributed by atoms with van der Waals surface area (Å²) < 4.78 is 11.0. The van der Waals surface area contributed by atoms with Crippen LogP contribution in [0, 0.1) is 0 Å². The number of hydrogen-bond donors (Lipinski definition) is 1. The molecule has 96 valence electrons. The minimum atomic E-state index is -0.537. The van der Waals surface area contributed by atoms with Crippen molar-refractivity contribution in [1.29, 1.82) is 0 Å². The Morgan fingerprint density at radius 2 is 2.00 bits per heavy atom. The Hall–Kier alpha value is -1.22. The van der Waals surface area contributed by atoms with Crippen molar-refractivity contribution in [3.05, 3.63) is 23.8 Å². The highest BCUT2D eigenvalue weighted by Crippen LogP contribution is 2.30. The summed E-state index contributed by atoms with van der Waals surface area (Å²) in [6, 6.07) is 5.51. The van der Waals surface area contributed by atoms with Crippen LogP contribution in [-0.2, 0) is 0 Å². The van der Waals surface area contributed by atoms with E-state index < -0.39 is 6.10 Å². The first-order valence-corrected chi connectivity index (χ1v) is 6.11. The average Bonchev–Trinajstić information content (AvgIpc) is 2.28. The molecule has 3 nitrogen and oxygen atoms in total. The normalized spacial score (nSPS) is 14.2. The number of rotatable bonds is 6. The van der Waals surface area contributed by atoms with E-state index in [9.17, 15) is 5.11 Å². The van der Waals surface area contributed by atoms with Gasteiger partial charge in [0.05, 0.1) is 19.3 Å². The monoisotopic (exact) mass is 238 g/mol. The lowest BCUT2D eigenvalue weighted by molar-refractivity contribution is 0.173. The van der Waals surface area contributed by atoms with E-state index in [1.54, 1.807) is 14.0 Å². The highest BCUT2D eigenvalue weighted by atomic mass is 16.5. The summed E-state index contributed by atoms with van der Waals surface area (Å²) in [5.74, 6) is 1.45. The molecule has 0 saturated carbocycles. The van der Waals surface area contributed by atoms with Gasteiger partial charge in [-0.2, -0.15) is 0 Å². The van der Waals surface area contributed by atoms with E-state index >= 15 is 0 Å². The molecule has 1 unspecified atom stereocenters. The second-order valence-corrected chi connectivity index (χ2v) is 4.30. The summed E-state index contributed by atoms with van der Waals surface area (Å²) in [6.45, 7) is 5.90. The van der Waals surface area contributed by atoms with Crippen LogP contribution >= 0.6 is 0 Å². The first-order chi connectivity index (χ1) is 8.08. The SMILES string of the molecule is CCCC(C)Oc1cc(OC)ccc1[C@H](C)O. The molecule has 1 N–H and O–H groups in total. The Morgan fingerprint density at radius 3 is 2.53 bits per heavy atom. The number of methoxy groups -OCH3 is 1. The van der Waals surface area contributed by atoms with Crippen molar-refractivity contribution < 1.29 is 14.6 Å². The van der Waals surface area contributed by atoms with Gasteiger partial charge in [-0.3, -0.25) is 0 Å². The predicted octanol–water partition coefficient (Wildman–Crippen LogP) is 3.32. The summed E-state index contributed by atoms with van der Waals surface area (Å²) in [4.78, 5) is 0. The summed E-state index contributed by atoms with van der Waals surface area (Å²) in [5, 5.41) is 9.69. The van der Waals surface area contributed by atoms with E-state index in [1.807, 2.05) is 25.1 Å². The van der Waals surface area contributed by atoms with Gasteiger partial charge < -0.3 is 14.6 Å². The highest BCUT2D eigenvalue weighted by molar-refractivity contribution is 5.41. The molecule has 0 bridgehead atoms. The lowest BCUT2D eigenvalue weighted by Crippen LogP contribution is -2.13. The zero-order valence-electron chi connectivity index (χ0n) is 11.1. The molecule has 1 rings (SSSR count). The molecule has 0 heterocycles. The predicted molar refractivity (Wildman–Crippen MR) is 68.6 cm³/mol. The standard InChI is InChI=1S/C14H22O3/c1-5-6-10(2)17-14-9-12(16-4)7-8-13(14)11(3)15/h7-11,15H,5-6H2,1-4H3/t10?,11-/m0/s1. The molecule has 17 heavy (non-hydrogen) atoms. The van der Waals surface area contributed by atoms with Gasteiger partial charge >= 0.3 is 0 Å². The Labute approximate surface area is 103 Å². The van der Waals surface area contributed by atoms with Gasteiger partial charge in [-0.15, -0.1) is 0 Å². The van der Waals surface area contributed by atoms with Crippen molar-refractivity contribution in [2.75, 3.05) is 7.11 Å². The van der Waals surface area contributed by atoms with Crippen molar-refractivity contribution in [3.8, 4) is 11.5 Å². The molecule has 0 aliphatic heterocycles. The Morgan fingerprint density at radius 1 is 1.29 bits per heavy atom. The molecule has 0 spiro atoms. The van der Waals surface area contributed by atoms with Crippen LogP contribution in [0.2, 0.25) is 0 Å². The van der Waals surface area contributed by atoms with Crippen molar-refractivity contribution in [2.45, 2.75) is 45.8 Å². The van der Waals surface area contributed by atoms with Gasteiger partial charge in [0.2, 0.25) is 0 Å². The molecule has 2 atom stereocenters. The first kappa shape index (κ1) is 13.8. The number of aliphatic hydroxyl groups is 1. The van der Waals surface area contributed by atoms with Crippen LogP contribution in [-0.4, -0.2) is 18.3 Å². The first-order valence-electron chi connectivity index (χ1n) is 6.11. The molecular formula is C14H22O3. The summed E-state index contributed by atoms with van der Waals surface area (Å²) >= 11 is 0. The molecule has 1 aromatic rings. The maximum atomic E-state index is 9.69. The quantitative estimate of drug-likeness (QED) is 0.826. The fraction of sp³-hybridized carbons (Fsp3) is 0.571. The van der Waals surface area contributed by atoms with Gasteiger partial charge in [-0.1, -0.05) is 13.3 Å². The van der Waals surface area contributed by atoms with E-state index in [2.05, 4.69) is 6.92 Å². The van der Waals surface area contributed by atoms with Crippen molar-refractivity contribution in [2.24, 2.45) is 0 Å². The van der Waals surface area contributed by atoms with E-state index in [4.69, 9.17) is 9.47 Å². The second kappa shape index (κ2) is 6.50. The smallest absolute Gasteiger partial charge is 0.129 e. The van der Waals surface area contributed by atoms with Gasteiger partial charge in [-0.25, -0.2) is 0 Å². The van der Waals surface area contributed by atoms with Gasteiger partial charge in [0.1, 0.15) is 11.5 Å². The maximum absolute atomic E-state index is 9.69. The van der Waals surface area contributed by atoms with Crippen LogP contribution in [0.15, 0.2) is 18.2 Å². The third-order valence-electron chi connectivity index (χ3n) is 2.69. The van der Waals surface area contributed by atoms with Crippen molar-refractivity contribution in [1.82, 2.24) is 0 Å². The van der Waals surface area contributed by atoms with E-state index in [0.717, 1.165) is 24.2 Å². The fourth-order valence-corrected chi connectivity index (χ4v) is 1.77. The Kier molecular flexibility index (Phi) is 5.29. The largest absolute Gasteiger partial charge is 0.497 e. The topological polar surface area (TPSA) is 38.7 Å². The zero-order valence-corrected chi connectivity index (χ0v) is 11.1. The minimum absolute atomic E-state index is 0.143. The van der Waals surface area contributed by atoms with Gasteiger partial charge in [0, 0.05) is 11.6 Å². The number of ether oxygens (including phenoxy) is 2. The number of benzene rings is 1. The van der Waals surface area contributed by atoms with Gasteiger partial charge in [0.25, 0.3) is 0 Å². The molecule has 0 fully saturated rings. The molecule has 1 aromatic carbocycles. The van der Waals surface area contributed by atoms with Crippen LogP contribution < -0.4 is 9.47 Å². The summed E-state index contributed by atoms with van der Waals surface area (Å²) in [5.41, 5.74) is 0.800. The third-order valence-corrected chi connectivity index (χ3v) is 2.69. The van der Waals surface area contributed by atoms with Crippen molar-refractivity contribution in [3.63, 3.8) is 0 Å². The van der Waals surface area contributed by atoms with E-state index in [0.29, 0.717) is 5.75 Å². The van der Waals surface area contributed by atoms with Gasteiger partial charge in [0.15, 0.2) is 0 Å². The summed E-state index contributed by atoms with van der Waals surface area (Å²) in [7, 11) is 1.62. The van der Waals surface area contributed by atoms with Crippen molar-refractivity contribution >= 4 is 0 Å². The van der Waals surface area contributed by atoms with E-state index in [-0.39, 0.29) is 6.10 Å². The molecule has 0 aliphatic rings. The maximum Gasteiger partial charge on any atom is 0.129 e. The molecule has 3 heteroatoms. The minimum Gasteiger partial charge on any atom is -0.497 e. The lowest BCUT2D eigenvalue weighted by Gasteiger charge is -2.19. The van der Waals surface area contributed by atoms with Crippen LogP contribution in [0.25, 0.3) is 0 Å². The third kappa shape index (κ3) is 3.93. The van der Waals surface area contributed by atoms with Crippen LogP contribution in [0.5, 0.6) is 11.5 Å². The molecule has 0 radical (unpaired) electrons. The zero-order chi connectivity index (χ0) is 12.8. The van der Waals surface area contributed by atoms with Crippen LogP contribution in [0.1, 0.15) is 45.3 Å². The molecular weight excluding hydrogens is 216 g/mol. The summed E-state index contributed by atoms with van der Waals surface area (Å²) in [6.07, 6.45) is 1.68. The van der Waals surface area contributed by atoms with Gasteiger partial charge in [-0.05, 0) is 32.4 Å². The Balaban J connectivity index is 2.92. The Bertz CT molecular complexity index is 347. The van der Waals surface area contributed by atoms with E-state index in [1.165, 1.54) is 0 Å². The average molecular weight is 238 g/mol. The number of aliphatic hydroxyl groups excluding tert-OH is 1. The van der Waals surface area contributed by atoms with Crippen LogP contribution in [0.3, 0.4) is 0 Å². The lowest BCUT2D eigenvalue weighted by atomic mass is 10.1.